The van der Waals surface area contributed by atoms with Crippen molar-refractivity contribution in [2.75, 3.05) is 6.61 Å². The molecule has 19 heavy (non-hydrogen) atoms. The Bertz CT molecular complexity index is 598. The van der Waals surface area contributed by atoms with E-state index >= 15 is 0 Å². The van der Waals surface area contributed by atoms with Crippen molar-refractivity contribution < 1.29 is 4.74 Å². The molecular weight excluding hydrogens is 258 g/mol. The van der Waals surface area contributed by atoms with Crippen molar-refractivity contribution in [1.82, 2.24) is 14.5 Å². The lowest BCUT2D eigenvalue weighted by atomic mass is 9.98. The quantitative estimate of drug-likeness (QED) is 0.870. The fourth-order valence-electron chi connectivity index (χ4n) is 2.74. The summed E-state index contributed by atoms with van der Waals surface area (Å²) in [5.41, 5.74) is 1.91. The minimum Gasteiger partial charge on any atom is -0.376 e. The van der Waals surface area contributed by atoms with Gasteiger partial charge in [0.25, 0.3) is 0 Å². The van der Waals surface area contributed by atoms with Crippen LogP contribution in [0.4, 0.5) is 0 Å². The molecule has 5 heteroatoms. The van der Waals surface area contributed by atoms with Crippen LogP contribution in [0.3, 0.4) is 0 Å². The average molecular weight is 277 g/mol. The minimum absolute atomic E-state index is 0.445. The summed E-state index contributed by atoms with van der Waals surface area (Å²) in [6, 6.07) is 3.91. The highest BCUT2D eigenvalue weighted by Gasteiger charge is 2.13. The van der Waals surface area contributed by atoms with E-state index in [0.717, 1.165) is 22.5 Å². The predicted molar refractivity (Wildman–Crippen MR) is 77.7 cm³/mol. The Balaban J connectivity index is 1.65. The van der Waals surface area contributed by atoms with Crippen molar-refractivity contribution in [3.05, 3.63) is 23.1 Å². The van der Waals surface area contributed by atoms with E-state index < -0.39 is 0 Å². The van der Waals surface area contributed by atoms with Crippen LogP contribution in [0.5, 0.6) is 0 Å². The monoisotopic (exact) mass is 277 g/mol. The van der Waals surface area contributed by atoms with Crippen molar-refractivity contribution in [3.8, 4) is 0 Å². The molecule has 0 bridgehead atoms. The maximum absolute atomic E-state index is 5.95. The Morgan fingerprint density at radius 3 is 3.05 bits per heavy atom. The van der Waals surface area contributed by atoms with Gasteiger partial charge in [-0.05, 0) is 37.2 Å². The third kappa shape index (κ3) is 2.87. The molecule has 0 aliphatic heterocycles. The summed E-state index contributed by atoms with van der Waals surface area (Å²) in [7, 11) is 0. The smallest absolute Gasteiger partial charge is 0.179 e. The fraction of sp³-hybridized carbons (Fsp3) is 0.571. The molecule has 2 heterocycles. The number of fused-ring (bicyclic) bond motifs is 1. The molecule has 2 aromatic rings. The number of rotatable bonds is 4. The minimum atomic E-state index is 0.445. The third-order valence-corrected chi connectivity index (χ3v) is 4.07. The lowest BCUT2D eigenvalue weighted by molar-refractivity contribution is 0.0243. The zero-order valence-electron chi connectivity index (χ0n) is 11.0. The Morgan fingerprint density at radius 2 is 2.21 bits per heavy atom. The number of ether oxygens (including phenoxy) is 1. The molecule has 3 rings (SSSR count). The average Bonchev–Trinajstić information content (AvgIpc) is 2.76. The van der Waals surface area contributed by atoms with Gasteiger partial charge in [-0.2, -0.15) is 0 Å². The van der Waals surface area contributed by atoms with Gasteiger partial charge in [-0.15, -0.1) is 0 Å². The largest absolute Gasteiger partial charge is 0.376 e. The van der Waals surface area contributed by atoms with E-state index in [1.165, 1.54) is 32.1 Å². The lowest BCUT2D eigenvalue weighted by Gasteiger charge is -2.22. The van der Waals surface area contributed by atoms with Crippen LogP contribution in [-0.2, 0) is 11.3 Å². The molecule has 1 aliphatic rings. The first-order chi connectivity index (χ1) is 9.34. The number of hydrogen-bond donors (Lipinski definition) is 1. The molecule has 0 radical (unpaired) electrons. The molecule has 1 saturated carbocycles. The van der Waals surface area contributed by atoms with Gasteiger partial charge in [-0.25, -0.2) is 4.98 Å². The molecule has 1 fully saturated rings. The maximum Gasteiger partial charge on any atom is 0.179 e. The first-order valence-corrected chi connectivity index (χ1v) is 7.40. The summed E-state index contributed by atoms with van der Waals surface area (Å²) in [5.74, 6) is 0. The molecule has 1 N–H and O–H groups in total. The van der Waals surface area contributed by atoms with Gasteiger partial charge in [0.05, 0.1) is 24.8 Å². The second-order valence-corrected chi connectivity index (χ2v) is 5.47. The maximum atomic E-state index is 5.95. The van der Waals surface area contributed by atoms with Gasteiger partial charge >= 0.3 is 0 Å². The van der Waals surface area contributed by atoms with Gasteiger partial charge in [-0.1, -0.05) is 19.3 Å². The highest BCUT2D eigenvalue weighted by atomic mass is 32.1. The molecule has 2 aromatic heterocycles. The molecule has 0 atom stereocenters. The molecule has 0 aromatic carbocycles. The third-order valence-electron chi connectivity index (χ3n) is 3.75. The molecule has 0 amide bonds. The van der Waals surface area contributed by atoms with Crippen molar-refractivity contribution in [2.24, 2.45) is 0 Å². The first kappa shape index (κ1) is 12.8. The van der Waals surface area contributed by atoms with Crippen LogP contribution in [0.15, 0.2) is 18.3 Å². The van der Waals surface area contributed by atoms with Gasteiger partial charge < -0.3 is 9.72 Å². The lowest BCUT2D eigenvalue weighted by Crippen LogP contribution is -2.19. The van der Waals surface area contributed by atoms with Crippen LogP contribution in [0.1, 0.15) is 32.1 Å². The summed E-state index contributed by atoms with van der Waals surface area (Å²) in [6.45, 7) is 1.48. The zero-order valence-corrected chi connectivity index (χ0v) is 11.8. The molecule has 102 valence electrons. The van der Waals surface area contributed by atoms with E-state index in [4.69, 9.17) is 17.0 Å². The number of nitrogens with zero attached hydrogens (tertiary/aromatic N) is 2. The van der Waals surface area contributed by atoms with E-state index in [1.54, 1.807) is 6.20 Å². The standard InChI is InChI=1S/C14H19N3OS/c19-14-16-12-7-4-8-15-13(12)17(14)9-10-18-11-5-2-1-3-6-11/h4,7-8,11H,1-3,5-6,9-10H2,(H,16,19). The molecule has 1 aliphatic carbocycles. The second-order valence-electron chi connectivity index (χ2n) is 5.09. The predicted octanol–water partition coefficient (Wildman–Crippen LogP) is 3.44. The van der Waals surface area contributed by atoms with Crippen LogP contribution in [0.25, 0.3) is 11.2 Å². The van der Waals surface area contributed by atoms with Crippen LogP contribution < -0.4 is 0 Å². The Hall–Kier alpha value is -1.20. The van der Waals surface area contributed by atoms with Crippen molar-refractivity contribution in [3.63, 3.8) is 0 Å². The van der Waals surface area contributed by atoms with E-state index in [1.807, 2.05) is 16.7 Å². The molecule has 4 nitrogen and oxygen atoms in total. The van der Waals surface area contributed by atoms with Crippen LogP contribution in [0, 0.1) is 4.77 Å². The second kappa shape index (κ2) is 5.84. The molecule has 0 saturated heterocycles. The molecule has 0 unspecified atom stereocenters. The Kier molecular flexibility index (Phi) is 3.94. The number of nitrogens with one attached hydrogen (secondary N) is 1. The summed E-state index contributed by atoms with van der Waals surface area (Å²) < 4.78 is 8.70. The number of aromatic nitrogens is 3. The Morgan fingerprint density at radius 1 is 1.37 bits per heavy atom. The highest BCUT2D eigenvalue weighted by molar-refractivity contribution is 7.71. The van der Waals surface area contributed by atoms with Gasteiger partial charge in [0.1, 0.15) is 0 Å². The van der Waals surface area contributed by atoms with E-state index in [0.29, 0.717) is 12.7 Å². The van der Waals surface area contributed by atoms with Crippen molar-refractivity contribution in [2.45, 2.75) is 44.8 Å². The van der Waals surface area contributed by atoms with E-state index in [-0.39, 0.29) is 0 Å². The van der Waals surface area contributed by atoms with E-state index in [2.05, 4.69) is 9.97 Å². The normalized spacial score (nSPS) is 17.1. The zero-order chi connectivity index (χ0) is 13.1. The Labute approximate surface area is 117 Å². The van der Waals surface area contributed by atoms with Gasteiger partial charge in [0.2, 0.25) is 0 Å². The van der Waals surface area contributed by atoms with Crippen LogP contribution >= 0.6 is 12.2 Å². The summed E-state index contributed by atoms with van der Waals surface area (Å²) >= 11 is 5.33. The van der Waals surface area contributed by atoms with Gasteiger partial charge in [0.15, 0.2) is 10.4 Å². The molecule has 0 spiro atoms. The van der Waals surface area contributed by atoms with Crippen LogP contribution in [0.2, 0.25) is 0 Å². The number of aromatic amines is 1. The van der Waals surface area contributed by atoms with Crippen LogP contribution in [-0.4, -0.2) is 27.2 Å². The summed E-state index contributed by atoms with van der Waals surface area (Å²) in [6.07, 6.45) is 8.62. The topological polar surface area (TPSA) is 42.8 Å². The molecular formula is C14H19N3OS. The fourth-order valence-corrected chi connectivity index (χ4v) is 3.03. The van der Waals surface area contributed by atoms with Crippen molar-refractivity contribution in [1.29, 1.82) is 0 Å². The van der Waals surface area contributed by atoms with Gasteiger partial charge in [-0.3, -0.25) is 4.57 Å². The summed E-state index contributed by atoms with van der Waals surface area (Å²) in [4.78, 5) is 7.55. The number of hydrogen-bond acceptors (Lipinski definition) is 3. The first-order valence-electron chi connectivity index (χ1n) is 7.00. The number of imidazole rings is 1. The van der Waals surface area contributed by atoms with Gasteiger partial charge in [0, 0.05) is 6.20 Å². The summed E-state index contributed by atoms with van der Waals surface area (Å²) in [5, 5.41) is 0. The number of H-pyrrole nitrogens is 1. The number of pyridine rings is 1. The van der Waals surface area contributed by atoms with Crippen molar-refractivity contribution >= 4 is 23.4 Å². The highest BCUT2D eigenvalue weighted by Crippen LogP contribution is 2.20. The SMILES string of the molecule is S=c1[nH]c2cccnc2n1CCOC1CCCCC1. The van der Waals surface area contributed by atoms with E-state index in [9.17, 15) is 0 Å².